The number of aromatic nitrogens is 4. The summed E-state index contributed by atoms with van der Waals surface area (Å²) in [5.41, 5.74) is 0.457. The molecule has 2 aliphatic heterocycles. The van der Waals surface area contributed by atoms with Crippen LogP contribution in [0.4, 0.5) is 4.79 Å². The predicted octanol–water partition coefficient (Wildman–Crippen LogP) is 2.14. The maximum Gasteiger partial charge on any atom is 0.409 e. The first-order chi connectivity index (χ1) is 24.2. The number of hydrogen-bond donors (Lipinski definition) is 2. The molecule has 2 aromatic heterocycles. The summed E-state index contributed by atoms with van der Waals surface area (Å²) >= 11 is 0. The molecular weight excluding hydrogens is 652 g/mol. The quantitative estimate of drug-likeness (QED) is 0.265. The number of piperazine rings is 1. The molecule has 2 saturated heterocycles. The monoisotopic (exact) mass is 692 g/mol. The molecule has 17 heteroatoms. The molecule has 3 aliphatic rings. The number of amides is 4. The van der Waals surface area contributed by atoms with Gasteiger partial charge in [-0.3, -0.25) is 19.2 Å². The van der Waals surface area contributed by atoms with Crippen LogP contribution in [0.5, 0.6) is 5.88 Å². The third-order valence-electron chi connectivity index (χ3n) is 8.88. The summed E-state index contributed by atoms with van der Waals surface area (Å²) in [6.07, 6.45) is 2.53. The summed E-state index contributed by atoms with van der Waals surface area (Å²) in [5, 5.41) is 20.5. The van der Waals surface area contributed by atoms with Gasteiger partial charge in [-0.05, 0) is 51.2 Å². The first kappa shape index (κ1) is 34.4. The number of likely N-dealkylation sites (tertiary alicyclic amines) is 1. The number of nitrogens with zero attached hydrogens (tertiary/aromatic N) is 7. The fourth-order valence-corrected chi connectivity index (χ4v) is 6.06. The molecule has 2 N–H and O–H groups in total. The molecule has 2 atom stereocenters. The zero-order valence-electron chi connectivity index (χ0n) is 27.7. The van der Waals surface area contributed by atoms with E-state index in [2.05, 4.69) is 20.6 Å². The number of nitrogens with one attached hydrogen (secondary N) is 1. The van der Waals surface area contributed by atoms with Crippen LogP contribution in [-0.4, -0.2) is 121 Å². The van der Waals surface area contributed by atoms with Crippen molar-refractivity contribution in [1.29, 1.82) is 0 Å². The molecule has 2 unspecified atom stereocenters. The van der Waals surface area contributed by atoms with Gasteiger partial charge < -0.3 is 39.1 Å². The first-order valence-electron chi connectivity index (χ1n) is 16.9. The van der Waals surface area contributed by atoms with Gasteiger partial charge >= 0.3 is 12.1 Å². The van der Waals surface area contributed by atoms with Gasteiger partial charge in [0, 0.05) is 51.1 Å². The van der Waals surface area contributed by atoms with Gasteiger partial charge in [-0.2, -0.15) is 10.1 Å². The van der Waals surface area contributed by atoms with Crippen molar-refractivity contribution in [3.8, 4) is 11.6 Å². The van der Waals surface area contributed by atoms with Gasteiger partial charge in [-0.15, -0.1) is 0 Å². The maximum atomic E-state index is 13.6. The van der Waals surface area contributed by atoms with E-state index in [1.807, 2.05) is 6.07 Å². The van der Waals surface area contributed by atoms with Crippen molar-refractivity contribution in [2.24, 2.45) is 0 Å². The van der Waals surface area contributed by atoms with E-state index in [1.165, 1.54) is 20.5 Å². The van der Waals surface area contributed by atoms with E-state index in [1.54, 1.807) is 36.1 Å². The molecule has 3 aromatic rings. The van der Waals surface area contributed by atoms with Crippen LogP contribution in [-0.2, 0) is 19.1 Å². The third kappa shape index (κ3) is 8.03. The SMILES string of the molecule is CCOC(=O)N1CCN(C(=O)C(CCC(=O)O)NC(=O)c2cc(OCC(=O)N3CCCC3c3nc(C4CC4)no3)n(-c3ccccc3)n2)CC1. The number of carboxylic acids is 1. The van der Waals surface area contributed by atoms with E-state index in [4.69, 9.17) is 14.0 Å². The Balaban J connectivity index is 1.14. The van der Waals surface area contributed by atoms with Crippen LogP contribution in [0.25, 0.3) is 5.69 Å². The summed E-state index contributed by atoms with van der Waals surface area (Å²) < 4.78 is 17.9. The standard InChI is InChI=1S/C33H40N8O9/c1-2-48-33(47)39-17-15-38(16-18-39)32(46)23(12-13-28(43)44)34-30(45)24-19-27(41(36-24)22-7-4-3-5-8-22)49-20-26(42)40-14-6-9-25(40)31-35-29(37-50-31)21-10-11-21/h3-5,7-8,19,21,23,25H,2,6,9-18,20H2,1H3,(H,34,45)(H,43,44). The molecule has 1 saturated carbocycles. The van der Waals surface area contributed by atoms with Gasteiger partial charge in [0.1, 0.15) is 12.1 Å². The lowest BCUT2D eigenvalue weighted by atomic mass is 10.1. The average molecular weight is 693 g/mol. The minimum atomic E-state index is -1.17. The smallest absolute Gasteiger partial charge is 0.409 e. The zero-order chi connectivity index (χ0) is 35.2. The van der Waals surface area contributed by atoms with Gasteiger partial charge in [-0.25, -0.2) is 9.48 Å². The Morgan fingerprint density at radius 2 is 1.76 bits per heavy atom. The summed E-state index contributed by atoms with van der Waals surface area (Å²) in [6, 6.07) is 8.73. The van der Waals surface area contributed by atoms with Crippen LogP contribution in [0.1, 0.15) is 79.6 Å². The number of carbonyl (C=O) groups excluding carboxylic acids is 4. The Kier molecular flexibility index (Phi) is 10.6. The van der Waals surface area contributed by atoms with E-state index >= 15 is 0 Å². The lowest BCUT2D eigenvalue weighted by Crippen LogP contribution is -2.56. The Hall–Kier alpha value is -5.48. The molecule has 50 heavy (non-hydrogen) atoms. The highest BCUT2D eigenvalue weighted by atomic mass is 16.6. The van der Waals surface area contributed by atoms with Crippen molar-refractivity contribution in [1.82, 2.24) is 39.9 Å². The molecule has 4 amide bonds. The molecule has 266 valence electrons. The van der Waals surface area contributed by atoms with Crippen molar-refractivity contribution in [2.75, 3.05) is 45.9 Å². The minimum Gasteiger partial charge on any atom is -0.481 e. The maximum absolute atomic E-state index is 13.6. The summed E-state index contributed by atoms with van der Waals surface area (Å²) in [4.78, 5) is 73.2. The van der Waals surface area contributed by atoms with E-state index in [-0.39, 0.29) is 75.8 Å². The van der Waals surface area contributed by atoms with Crippen molar-refractivity contribution < 1.29 is 43.1 Å². The van der Waals surface area contributed by atoms with Crippen LogP contribution in [0.2, 0.25) is 0 Å². The number of hydrogen-bond acceptors (Lipinski definition) is 11. The summed E-state index contributed by atoms with van der Waals surface area (Å²) in [6.45, 7) is 2.94. The lowest BCUT2D eigenvalue weighted by Gasteiger charge is -2.35. The largest absolute Gasteiger partial charge is 0.481 e. The summed E-state index contributed by atoms with van der Waals surface area (Å²) in [5.74, 6) is -1.09. The third-order valence-corrected chi connectivity index (χ3v) is 8.88. The van der Waals surface area contributed by atoms with Gasteiger partial charge in [0.15, 0.2) is 18.1 Å². The number of aliphatic carboxylic acids is 1. The number of para-hydroxylation sites is 1. The van der Waals surface area contributed by atoms with Crippen LogP contribution in [0.3, 0.4) is 0 Å². The number of ether oxygens (including phenoxy) is 2. The summed E-state index contributed by atoms with van der Waals surface area (Å²) in [7, 11) is 0. The highest BCUT2D eigenvalue weighted by Gasteiger charge is 2.37. The molecule has 17 nitrogen and oxygen atoms in total. The van der Waals surface area contributed by atoms with Crippen LogP contribution < -0.4 is 10.1 Å². The first-order valence-corrected chi connectivity index (χ1v) is 16.9. The van der Waals surface area contributed by atoms with Crippen molar-refractivity contribution in [3.63, 3.8) is 0 Å². The van der Waals surface area contributed by atoms with Crippen LogP contribution in [0, 0.1) is 0 Å². The average Bonchev–Trinajstić information content (AvgIpc) is 3.47. The molecule has 6 rings (SSSR count). The second-order valence-electron chi connectivity index (χ2n) is 12.4. The predicted molar refractivity (Wildman–Crippen MR) is 172 cm³/mol. The van der Waals surface area contributed by atoms with E-state index in [0.717, 1.165) is 19.3 Å². The normalized spacial score (nSPS) is 18.1. The molecule has 0 bridgehead atoms. The number of carboxylic acid groups (broad SMARTS) is 1. The van der Waals surface area contributed by atoms with Gasteiger partial charge in [0.25, 0.3) is 11.8 Å². The van der Waals surface area contributed by atoms with E-state index < -0.39 is 29.9 Å². The van der Waals surface area contributed by atoms with Crippen LogP contribution >= 0.6 is 0 Å². The molecule has 0 spiro atoms. The molecular formula is C33H40N8O9. The fourth-order valence-electron chi connectivity index (χ4n) is 6.06. The van der Waals surface area contributed by atoms with Crippen molar-refractivity contribution >= 4 is 29.8 Å². The van der Waals surface area contributed by atoms with Gasteiger partial charge in [-0.1, -0.05) is 23.4 Å². The van der Waals surface area contributed by atoms with Gasteiger partial charge in [0.05, 0.1) is 12.3 Å². The Morgan fingerprint density at radius 1 is 1.02 bits per heavy atom. The molecule has 0 radical (unpaired) electrons. The number of rotatable bonds is 13. The van der Waals surface area contributed by atoms with E-state index in [9.17, 15) is 29.1 Å². The number of carbonyl (C=O) groups is 5. The topological polar surface area (TPSA) is 203 Å². The second kappa shape index (κ2) is 15.4. The Morgan fingerprint density at radius 3 is 2.46 bits per heavy atom. The fraction of sp³-hybridized carbons (Fsp3) is 0.515. The number of benzene rings is 1. The Labute approximate surface area is 287 Å². The van der Waals surface area contributed by atoms with Crippen LogP contribution in [0.15, 0.2) is 40.9 Å². The lowest BCUT2D eigenvalue weighted by molar-refractivity contribution is -0.138. The second-order valence-corrected chi connectivity index (χ2v) is 12.4. The molecule has 3 fully saturated rings. The molecule has 1 aromatic carbocycles. The van der Waals surface area contributed by atoms with Crippen molar-refractivity contribution in [3.05, 3.63) is 53.8 Å². The van der Waals surface area contributed by atoms with Gasteiger partial charge in [0.2, 0.25) is 17.7 Å². The van der Waals surface area contributed by atoms with Crippen molar-refractivity contribution in [2.45, 2.75) is 63.5 Å². The van der Waals surface area contributed by atoms with E-state index in [0.29, 0.717) is 36.3 Å². The Bertz CT molecular complexity index is 1700. The molecule has 1 aliphatic carbocycles. The highest BCUT2D eigenvalue weighted by Crippen LogP contribution is 2.39. The highest BCUT2D eigenvalue weighted by molar-refractivity contribution is 5.96. The molecule has 4 heterocycles. The zero-order valence-corrected chi connectivity index (χ0v) is 27.7. The minimum absolute atomic E-state index is 0.103.